The normalized spacial score (nSPS) is 19.2. The topological polar surface area (TPSA) is 72.3 Å². The summed E-state index contributed by atoms with van der Waals surface area (Å²) in [7, 11) is 0. The fraction of sp³-hybridized carbons (Fsp3) is 0.571. The van der Waals surface area contributed by atoms with Crippen LogP contribution in [0.15, 0.2) is 29.4 Å². The molecule has 0 unspecified atom stereocenters. The van der Waals surface area contributed by atoms with Crippen molar-refractivity contribution in [1.82, 2.24) is 20.1 Å². The maximum Gasteiger partial charge on any atom is 0.230 e. The predicted molar refractivity (Wildman–Crippen MR) is 114 cm³/mol. The highest BCUT2D eigenvalue weighted by molar-refractivity contribution is 7.99. The first-order valence-electron chi connectivity index (χ1n) is 10.6. The van der Waals surface area contributed by atoms with Crippen LogP contribution in [-0.2, 0) is 22.6 Å². The molecule has 1 amide bonds. The van der Waals surface area contributed by atoms with Gasteiger partial charge in [0.15, 0.2) is 5.16 Å². The lowest BCUT2D eigenvalue weighted by Gasteiger charge is -2.28. The van der Waals surface area contributed by atoms with Gasteiger partial charge in [-0.1, -0.05) is 23.9 Å². The standard InChI is InChI=1S/C21H28FN5O2S/c22-17-8-6-16(7-9-17)13-23-19(28)15-30-21-25-24-20(26-10-2-1-3-11-26)27(21)14-18-5-4-12-29-18/h6-9,18H,1-5,10-15H2,(H,23,28)/t18-/m1/s1. The van der Waals surface area contributed by atoms with Crippen LogP contribution in [0.4, 0.5) is 10.3 Å². The molecule has 2 aliphatic rings. The molecule has 1 atom stereocenters. The van der Waals surface area contributed by atoms with Gasteiger partial charge in [0.1, 0.15) is 5.82 Å². The van der Waals surface area contributed by atoms with Crippen molar-refractivity contribution in [3.8, 4) is 0 Å². The highest BCUT2D eigenvalue weighted by Gasteiger charge is 2.25. The van der Waals surface area contributed by atoms with E-state index in [9.17, 15) is 9.18 Å². The summed E-state index contributed by atoms with van der Waals surface area (Å²) in [5.41, 5.74) is 0.865. The number of rotatable bonds is 8. The van der Waals surface area contributed by atoms with Crippen molar-refractivity contribution in [2.45, 2.75) is 56.5 Å². The van der Waals surface area contributed by atoms with Crippen LogP contribution < -0.4 is 10.2 Å². The number of amides is 1. The minimum absolute atomic E-state index is 0.0875. The van der Waals surface area contributed by atoms with E-state index in [0.29, 0.717) is 6.54 Å². The van der Waals surface area contributed by atoms with Gasteiger partial charge < -0.3 is 15.0 Å². The van der Waals surface area contributed by atoms with Gasteiger partial charge in [0.25, 0.3) is 0 Å². The number of hydrogen-bond acceptors (Lipinski definition) is 6. The van der Waals surface area contributed by atoms with Crippen molar-refractivity contribution < 1.29 is 13.9 Å². The Morgan fingerprint density at radius 1 is 1.17 bits per heavy atom. The average molecular weight is 434 g/mol. The van der Waals surface area contributed by atoms with Gasteiger partial charge in [0.05, 0.1) is 18.4 Å². The zero-order valence-corrected chi connectivity index (χ0v) is 17.9. The zero-order valence-electron chi connectivity index (χ0n) is 17.1. The largest absolute Gasteiger partial charge is 0.376 e. The molecule has 0 bridgehead atoms. The lowest BCUT2D eigenvalue weighted by atomic mass is 10.1. The third-order valence-electron chi connectivity index (χ3n) is 5.48. The first kappa shape index (κ1) is 21.1. The zero-order chi connectivity index (χ0) is 20.8. The van der Waals surface area contributed by atoms with Crippen LogP contribution in [0.3, 0.4) is 0 Å². The molecule has 0 saturated carbocycles. The quantitative estimate of drug-likeness (QED) is 0.646. The first-order valence-corrected chi connectivity index (χ1v) is 11.6. The maximum atomic E-state index is 13.0. The molecule has 162 valence electrons. The third-order valence-corrected chi connectivity index (χ3v) is 6.45. The monoisotopic (exact) mass is 433 g/mol. The molecule has 9 heteroatoms. The fourth-order valence-electron chi connectivity index (χ4n) is 3.85. The summed E-state index contributed by atoms with van der Waals surface area (Å²) in [6.07, 6.45) is 5.89. The second-order valence-corrected chi connectivity index (χ2v) is 8.71. The second-order valence-electron chi connectivity index (χ2n) is 7.77. The Morgan fingerprint density at radius 2 is 1.97 bits per heavy atom. The number of ether oxygens (including phenoxy) is 1. The van der Waals surface area contributed by atoms with Gasteiger partial charge in [-0.3, -0.25) is 9.36 Å². The Hall–Kier alpha value is -2.13. The summed E-state index contributed by atoms with van der Waals surface area (Å²) in [6.45, 7) is 3.89. The van der Waals surface area contributed by atoms with E-state index in [4.69, 9.17) is 4.74 Å². The molecule has 0 radical (unpaired) electrons. The van der Waals surface area contributed by atoms with E-state index in [1.165, 1.54) is 43.2 Å². The number of nitrogens with one attached hydrogen (secondary N) is 1. The van der Waals surface area contributed by atoms with Crippen LogP contribution in [0.5, 0.6) is 0 Å². The SMILES string of the molecule is O=C(CSc1nnc(N2CCCCC2)n1C[C@H]1CCCO1)NCc1ccc(F)cc1. The van der Waals surface area contributed by atoms with Gasteiger partial charge in [-0.2, -0.15) is 0 Å². The molecule has 1 aromatic carbocycles. The number of aromatic nitrogens is 3. The Morgan fingerprint density at radius 3 is 2.70 bits per heavy atom. The van der Waals surface area contributed by atoms with E-state index in [2.05, 4.69) is 25.0 Å². The molecule has 7 nitrogen and oxygen atoms in total. The van der Waals surface area contributed by atoms with Crippen molar-refractivity contribution in [1.29, 1.82) is 0 Å². The van der Waals surface area contributed by atoms with Crippen molar-refractivity contribution in [2.24, 2.45) is 0 Å². The van der Waals surface area contributed by atoms with Crippen LogP contribution in [0, 0.1) is 5.82 Å². The molecule has 4 rings (SSSR count). The molecule has 3 heterocycles. The highest BCUT2D eigenvalue weighted by atomic mass is 32.2. The minimum atomic E-state index is -0.282. The number of halogens is 1. The molecule has 2 aliphatic heterocycles. The van der Waals surface area contributed by atoms with Gasteiger partial charge in [-0.05, 0) is 49.8 Å². The molecule has 0 spiro atoms. The van der Waals surface area contributed by atoms with Crippen molar-refractivity contribution >= 4 is 23.6 Å². The number of carbonyl (C=O) groups is 1. The Kier molecular flexibility index (Phi) is 7.22. The van der Waals surface area contributed by atoms with Crippen molar-refractivity contribution in [2.75, 3.05) is 30.3 Å². The number of nitrogens with zero attached hydrogens (tertiary/aromatic N) is 4. The smallest absolute Gasteiger partial charge is 0.230 e. The summed E-state index contributed by atoms with van der Waals surface area (Å²) < 4.78 is 21.0. The molecule has 30 heavy (non-hydrogen) atoms. The number of thioether (sulfide) groups is 1. The molecular formula is C21H28FN5O2S. The predicted octanol–water partition coefficient (Wildman–Crippen LogP) is 3.00. The molecule has 0 aliphatic carbocycles. The van der Waals surface area contributed by atoms with Gasteiger partial charge in [-0.25, -0.2) is 4.39 Å². The fourth-order valence-corrected chi connectivity index (χ4v) is 4.62. The average Bonchev–Trinajstić information content (AvgIpc) is 3.43. The number of carbonyl (C=O) groups excluding carboxylic acids is 1. The summed E-state index contributed by atoms with van der Waals surface area (Å²) in [5.74, 6) is 0.774. The molecule has 2 aromatic rings. The highest BCUT2D eigenvalue weighted by Crippen LogP contribution is 2.26. The van der Waals surface area contributed by atoms with Crippen LogP contribution in [0.1, 0.15) is 37.7 Å². The van der Waals surface area contributed by atoms with Crippen molar-refractivity contribution in [3.05, 3.63) is 35.6 Å². The van der Waals surface area contributed by atoms with Crippen molar-refractivity contribution in [3.63, 3.8) is 0 Å². The summed E-state index contributed by atoms with van der Waals surface area (Å²) in [6, 6.07) is 6.13. The van der Waals surface area contributed by atoms with Crippen LogP contribution >= 0.6 is 11.8 Å². The third kappa shape index (κ3) is 5.51. The molecule has 2 saturated heterocycles. The minimum Gasteiger partial charge on any atom is -0.376 e. The molecule has 1 N–H and O–H groups in total. The lowest BCUT2D eigenvalue weighted by Crippen LogP contribution is -2.33. The Labute approximate surface area is 180 Å². The van der Waals surface area contributed by atoms with E-state index >= 15 is 0 Å². The van der Waals surface area contributed by atoms with Gasteiger partial charge in [0, 0.05) is 26.2 Å². The van der Waals surface area contributed by atoms with E-state index in [1.54, 1.807) is 12.1 Å². The number of anilines is 1. The molecule has 1 aromatic heterocycles. The van der Waals surface area contributed by atoms with Gasteiger partial charge >= 0.3 is 0 Å². The molecular weight excluding hydrogens is 405 g/mol. The number of benzene rings is 1. The molecule has 2 fully saturated rings. The van der Waals surface area contributed by atoms with Crippen LogP contribution in [-0.4, -0.2) is 52.2 Å². The lowest BCUT2D eigenvalue weighted by molar-refractivity contribution is -0.118. The van der Waals surface area contributed by atoms with E-state index in [-0.39, 0.29) is 23.6 Å². The van der Waals surface area contributed by atoms with E-state index in [0.717, 1.165) is 55.8 Å². The summed E-state index contributed by atoms with van der Waals surface area (Å²) in [5, 5.41) is 12.5. The summed E-state index contributed by atoms with van der Waals surface area (Å²) in [4.78, 5) is 14.6. The van der Waals surface area contributed by atoms with Gasteiger partial charge in [-0.15, -0.1) is 10.2 Å². The Balaban J connectivity index is 1.37. The number of hydrogen-bond donors (Lipinski definition) is 1. The van der Waals surface area contributed by atoms with E-state index < -0.39 is 0 Å². The van der Waals surface area contributed by atoms with Crippen LogP contribution in [0.25, 0.3) is 0 Å². The first-order chi connectivity index (χ1) is 14.7. The Bertz CT molecular complexity index is 832. The second kappa shape index (κ2) is 10.3. The summed E-state index contributed by atoms with van der Waals surface area (Å²) >= 11 is 1.40. The number of piperidine rings is 1. The van der Waals surface area contributed by atoms with Gasteiger partial charge in [0.2, 0.25) is 11.9 Å². The maximum absolute atomic E-state index is 13.0. The van der Waals surface area contributed by atoms with Crippen LogP contribution in [0.2, 0.25) is 0 Å². The van der Waals surface area contributed by atoms with E-state index in [1.807, 2.05) is 0 Å².